The number of benzene rings is 2. The van der Waals surface area contributed by atoms with E-state index in [1.807, 2.05) is 43.3 Å². The Kier molecular flexibility index (Phi) is 7.64. The van der Waals surface area contributed by atoms with E-state index in [1.165, 1.54) is 0 Å². The second kappa shape index (κ2) is 10.2. The minimum atomic E-state index is -0.828. The number of anilines is 1. The van der Waals surface area contributed by atoms with E-state index in [-0.39, 0.29) is 0 Å². The molecule has 2 rings (SSSR count). The summed E-state index contributed by atoms with van der Waals surface area (Å²) in [5, 5.41) is 9.28. The summed E-state index contributed by atoms with van der Waals surface area (Å²) in [4.78, 5) is 21.6. The lowest BCUT2D eigenvalue weighted by Crippen LogP contribution is -2.17. The maximum atomic E-state index is 10.9. The van der Waals surface area contributed by atoms with Crippen molar-refractivity contribution < 1.29 is 24.2 Å². The summed E-state index contributed by atoms with van der Waals surface area (Å²) in [7, 11) is 0. The predicted octanol–water partition coefficient (Wildman–Crippen LogP) is 2.71. The zero-order chi connectivity index (χ0) is 18.8. The molecule has 0 radical (unpaired) electrons. The van der Waals surface area contributed by atoms with Gasteiger partial charge in [-0.15, -0.1) is 0 Å². The van der Waals surface area contributed by atoms with Crippen molar-refractivity contribution in [1.29, 1.82) is 0 Å². The fraction of sp³-hybridized carbons (Fsp3) is 0.300. The summed E-state index contributed by atoms with van der Waals surface area (Å²) in [6.07, 6.45) is 0.877. The smallest absolute Gasteiger partial charge is 0.547 e. The van der Waals surface area contributed by atoms with E-state index in [0.717, 1.165) is 29.6 Å². The number of ether oxygens (including phenoxy) is 2. The largest absolute Gasteiger partial charge is 0.630 e. The minimum Gasteiger partial charge on any atom is -0.547 e. The Morgan fingerprint density at radius 3 is 2.35 bits per heavy atom. The van der Waals surface area contributed by atoms with Gasteiger partial charge < -0.3 is 19.4 Å². The third kappa shape index (κ3) is 6.57. The lowest BCUT2D eigenvalue weighted by molar-refractivity contribution is -0.117. The lowest BCUT2D eigenvalue weighted by atomic mass is 10.1. The van der Waals surface area contributed by atoms with E-state index in [1.54, 1.807) is 12.1 Å². The molecule has 138 valence electrons. The fourth-order valence-electron chi connectivity index (χ4n) is 2.49. The molecule has 0 unspecified atom stereocenters. The summed E-state index contributed by atoms with van der Waals surface area (Å²) in [5.74, 6) is 0.769. The third-order valence-electron chi connectivity index (χ3n) is 3.76. The molecule has 1 atom stereocenters. The molecule has 3 N–H and O–H groups in total. The third-order valence-corrected chi connectivity index (χ3v) is 3.76. The molecule has 0 aliphatic heterocycles. The van der Waals surface area contributed by atoms with Crippen LogP contribution in [0.5, 0.6) is 5.75 Å². The Balaban J connectivity index is 1.79. The number of carbonyl (C=O) groups is 2. The maximum Gasteiger partial charge on any atom is 0.630 e. The molecule has 1 amide bonds. The van der Waals surface area contributed by atoms with Crippen LogP contribution in [0.15, 0.2) is 48.5 Å². The van der Waals surface area contributed by atoms with Crippen LogP contribution in [0.3, 0.4) is 0 Å². The quantitative estimate of drug-likeness (QED) is 0.522. The normalized spacial score (nSPS) is 11.6. The van der Waals surface area contributed by atoms with Gasteiger partial charge >= 0.3 is 6.09 Å². The van der Waals surface area contributed by atoms with Gasteiger partial charge in [0.1, 0.15) is 18.1 Å². The molecule has 0 aromatic heterocycles. The Hall–Kier alpha value is -2.86. The Bertz CT molecular complexity index is 697. The van der Waals surface area contributed by atoms with Crippen LogP contribution in [-0.4, -0.2) is 36.8 Å². The molecule has 6 heteroatoms. The first-order valence-electron chi connectivity index (χ1n) is 8.51. The zero-order valence-corrected chi connectivity index (χ0v) is 14.7. The number of hydrogen-bond acceptors (Lipinski definition) is 4. The number of aldehydes is 1. The molecule has 0 saturated carbocycles. The van der Waals surface area contributed by atoms with Gasteiger partial charge in [0, 0.05) is 25.1 Å². The highest BCUT2D eigenvalue weighted by Gasteiger charge is 2.08. The molecule has 0 bridgehead atoms. The highest BCUT2D eigenvalue weighted by molar-refractivity contribution is 5.82. The van der Waals surface area contributed by atoms with Crippen molar-refractivity contribution in [3.05, 3.63) is 59.7 Å². The molecule has 0 saturated heterocycles. The second-order valence-corrected chi connectivity index (χ2v) is 5.73. The van der Waals surface area contributed by atoms with Gasteiger partial charge in [0.05, 0.1) is 11.4 Å². The number of amides is 1. The van der Waals surface area contributed by atoms with E-state index < -0.39 is 12.2 Å². The first kappa shape index (κ1) is 19.5. The van der Waals surface area contributed by atoms with Gasteiger partial charge in [-0.1, -0.05) is 24.3 Å². The Labute approximate surface area is 152 Å². The SMILES string of the molecule is CCO[C@H](C=O)Cc1ccc(OCCc2ccc(NC(=O)[OH2+])cc2)cc1. The fourth-order valence-corrected chi connectivity index (χ4v) is 2.49. The number of hydrogen-bond donors (Lipinski definition) is 1. The van der Waals surface area contributed by atoms with Gasteiger partial charge in [-0.05, 0) is 42.3 Å². The molecular weight excluding hydrogens is 334 g/mol. The average molecular weight is 358 g/mol. The van der Waals surface area contributed by atoms with Crippen molar-refractivity contribution in [2.45, 2.75) is 25.9 Å². The van der Waals surface area contributed by atoms with Crippen LogP contribution < -0.4 is 10.1 Å². The predicted molar refractivity (Wildman–Crippen MR) is 99.9 cm³/mol. The van der Waals surface area contributed by atoms with Gasteiger partial charge in [0.2, 0.25) is 0 Å². The van der Waals surface area contributed by atoms with Crippen LogP contribution in [0.4, 0.5) is 10.5 Å². The van der Waals surface area contributed by atoms with E-state index in [0.29, 0.717) is 25.3 Å². The standard InChI is InChI=1S/C20H23NO5/c1-2-25-19(14-22)13-16-5-9-18(10-6-16)26-12-11-15-3-7-17(8-4-15)21-20(23)24/h3-10,14,19,21H,2,11-13H2,1H3,(H,23,24)/p+1/t19-/m0/s1. The van der Waals surface area contributed by atoms with Crippen molar-refractivity contribution in [3.63, 3.8) is 0 Å². The number of rotatable bonds is 10. The minimum absolute atomic E-state index is 0.408. The van der Waals surface area contributed by atoms with E-state index in [2.05, 4.69) is 5.32 Å². The first-order valence-corrected chi connectivity index (χ1v) is 8.51. The van der Waals surface area contributed by atoms with Crippen molar-refractivity contribution in [1.82, 2.24) is 0 Å². The lowest BCUT2D eigenvalue weighted by Gasteiger charge is -2.11. The van der Waals surface area contributed by atoms with Gasteiger partial charge in [-0.2, -0.15) is 0 Å². The topological polar surface area (TPSA) is 87.5 Å². The van der Waals surface area contributed by atoms with Gasteiger partial charge in [0.15, 0.2) is 0 Å². The van der Waals surface area contributed by atoms with Gasteiger partial charge in [0.25, 0.3) is 0 Å². The summed E-state index contributed by atoms with van der Waals surface area (Å²) in [5.41, 5.74) is 2.70. The molecule has 0 spiro atoms. The molecule has 0 fully saturated rings. The molecule has 0 aliphatic rings. The Morgan fingerprint density at radius 1 is 1.12 bits per heavy atom. The monoisotopic (exact) mass is 358 g/mol. The van der Waals surface area contributed by atoms with Crippen LogP contribution >= 0.6 is 0 Å². The highest BCUT2D eigenvalue weighted by atomic mass is 16.5. The van der Waals surface area contributed by atoms with Crippen LogP contribution in [0.1, 0.15) is 18.1 Å². The van der Waals surface area contributed by atoms with E-state index in [9.17, 15) is 9.59 Å². The van der Waals surface area contributed by atoms with Crippen LogP contribution in [0, 0.1) is 0 Å². The van der Waals surface area contributed by atoms with Crippen LogP contribution in [0.2, 0.25) is 0 Å². The summed E-state index contributed by atoms with van der Waals surface area (Å²) in [6, 6.07) is 14.9. The molecule has 6 nitrogen and oxygen atoms in total. The molecule has 2 aromatic carbocycles. The first-order chi connectivity index (χ1) is 12.6. The second-order valence-electron chi connectivity index (χ2n) is 5.73. The summed E-state index contributed by atoms with van der Waals surface area (Å²) >= 11 is 0. The molecular formula is C20H24NO5+. The number of carbonyl (C=O) groups excluding carboxylic acids is 2. The molecule has 26 heavy (non-hydrogen) atoms. The molecule has 0 aliphatic carbocycles. The van der Waals surface area contributed by atoms with Crippen LogP contribution in [-0.2, 0) is 22.4 Å². The summed E-state index contributed by atoms with van der Waals surface area (Å²) in [6.45, 7) is 2.91. The summed E-state index contributed by atoms with van der Waals surface area (Å²) < 4.78 is 11.1. The van der Waals surface area contributed by atoms with Crippen molar-refractivity contribution in [2.75, 3.05) is 18.5 Å². The zero-order valence-electron chi connectivity index (χ0n) is 14.7. The maximum absolute atomic E-state index is 10.9. The average Bonchev–Trinajstić information content (AvgIpc) is 2.64. The van der Waals surface area contributed by atoms with Crippen LogP contribution in [0.25, 0.3) is 0 Å². The van der Waals surface area contributed by atoms with E-state index >= 15 is 0 Å². The van der Waals surface area contributed by atoms with E-state index in [4.69, 9.17) is 14.6 Å². The van der Waals surface area contributed by atoms with Crippen molar-refractivity contribution in [2.24, 2.45) is 0 Å². The Morgan fingerprint density at radius 2 is 1.77 bits per heavy atom. The highest BCUT2D eigenvalue weighted by Crippen LogP contribution is 2.15. The van der Waals surface area contributed by atoms with Gasteiger partial charge in [-0.25, -0.2) is 5.32 Å². The van der Waals surface area contributed by atoms with Crippen molar-refractivity contribution >= 4 is 18.1 Å². The van der Waals surface area contributed by atoms with Gasteiger partial charge in [-0.3, -0.25) is 0 Å². The molecule has 0 heterocycles. The van der Waals surface area contributed by atoms with Crippen molar-refractivity contribution in [3.8, 4) is 5.75 Å². The number of nitrogens with one attached hydrogen (secondary N) is 1. The molecule has 2 aromatic rings.